The number of anilines is 3. The largest absolute Gasteiger partial charge is 0.383 e. The summed E-state index contributed by atoms with van der Waals surface area (Å²) in [6.07, 6.45) is 7.41. The van der Waals surface area contributed by atoms with Crippen LogP contribution in [0, 0.1) is 25.7 Å². The number of methoxy groups -OCH3 is 1. The van der Waals surface area contributed by atoms with Crippen molar-refractivity contribution in [2.75, 3.05) is 51.0 Å². The van der Waals surface area contributed by atoms with Crippen molar-refractivity contribution >= 4 is 28.6 Å². The van der Waals surface area contributed by atoms with Crippen LogP contribution in [0.15, 0.2) is 73.3 Å². The Morgan fingerprint density at radius 2 is 1.91 bits per heavy atom. The van der Waals surface area contributed by atoms with E-state index in [0.29, 0.717) is 24.8 Å². The third-order valence-electron chi connectivity index (χ3n) is 8.84. The summed E-state index contributed by atoms with van der Waals surface area (Å²) in [6, 6.07) is 16.3. The molecule has 242 valence electrons. The van der Waals surface area contributed by atoms with Crippen molar-refractivity contribution in [2.24, 2.45) is 0 Å². The number of aromatic nitrogens is 4. The molecule has 10 heteroatoms. The van der Waals surface area contributed by atoms with Gasteiger partial charge >= 0.3 is 0 Å². The summed E-state index contributed by atoms with van der Waals surface area (Å²) >= 11 is 0. The van der Waals surface area contributed by atoms with Crippen LogP contribution in [0.25, 0.3) is 5.65 Å². The number of piperazine rings is 1. The number of hydrogen-bond acceptors (Lipinski definition) is 7. The minimum Gasteiger partial charge on any atom is -0.383 e. The van der Waals surface area contributed by atoms with E-state index >= 15 is 0 Å². The molecule has 1 aliphatic heterocycles. The molecule has 0 radical (unpaired) electrons. The molecule has 5 aromatic rings. The van der Waals surface area contributed by atoms with Gasteiger partial charge in [0, 0.05) is 68.5 Å². The van der Waals surface area contributed by atoms with Crippen LogP contribution in [-0.4, -0.2) is 81.3 Å². The zero-order chi connectivity index (χ0) is 32.9. The Bertz CT molecular complexity index is 1950. The number of nitrogens with zero attached hydrogens (tertiary/aromatic N) is 6. The number of ether oxygens (including phenoxy) is 1. The molecule has 10 nitrogen and oxygen atoms in total. The smallest absolute Gasteiger partial charge is 0.255 e. The Morgan fingerprint density at radius 1 is 1.04 bits per heavy atom. The topological polar surface area (TPSA) is 92.0 Å². The average Bonchev–Trinajstić information content (AvgIpc) is 3.70. The van der Waals surface area contributed by atoms with E-state index in [1.165, 1.54) is 11.1 Å². The van der Waals surface area contributed by atoms with E-state index in [0.717, 1.165) is 65.7 Å². The quantitative estimate of drug-likeness (QED) is 0.213. The number of pyridine rings is 1. The van der Waals surface area contributed by atoms with Crippen LogP contribution in [-0.2, 0) is 17.8 Å². The number of fused-ring (bicyclic) bond motifs is 1. The number of hydrogen-bond donors (Lipinski definition) is 2. The molecule has 1 aliphatic rings. The summed E-state index contributed by atoms with van der Waals surface area (Å²) in [6.45, 7) is 11.8. The zero-order valence-electron chi connectivity index (χ0n) is 27.7. The number of imidazole rings is 1. The van der Waals surface area contributed by atoms with Crippen LogP contribution >= 0.6 is 0 Å². The number of rotatable bonds is 9. The van der Waals surface area contributed by atoms with E-state index in [9.17, 15) is 4.79 Å². The molecular weight excluding hydrogens is 588 g/mol. The summed E-state index contributed by atoms with van der Waals surface area (Å²) in [5, 5.41) is 10.9. The van der Waals surface area contributed by atoms with Crippen molar-refractivity contribution in [2.45, 2.75) is 39.9 Å². The highest BCUT2D eigenvalue weighted by Crippen LogP contribution is 2.23. The first kappa shape index (κ1) is 32.0. The van der Waals surface area contributed by atoms with Gasteiger partial charge in [0.05, 0.1) is 36.9 Å². The summed E-state index contributed by atoms with van der Waals surface area (Å²) in [4.78, 5) is 22.8. The van der Waals surface area contributed by atoms with Gasteiger partial charge in [-0.05, 0) is 86.8 Å². The minimum atomic E-state index is -0.163. The Morgan fingerprint density at radius 3 is 2.72 bits per heavy atom. The molecule has 0 bridgehead atoms. The highest BCUT2D eigenvalue weighted by molar-refractivity contribution is 6.04. The van der Waals surface area contributed by atoms with E-state index in [1.54, 1.807) is 19.5 Å². The van der Waals surface area contributed by atoms with Crippen molar-refractivity contribution in [3.8, 4) is 11.8 Å². The second kappa shape index (κ2) is 14.2. The molecule has 0 spiro atoms. The first-order valence-corrected chi connectivity index (χ1v) is 16.0. The summed E-state index contributed by atoms with van der Waals surface area (Å²) < 4.78 is 8.92. The van der Waals surface area contributed by atoms with Crippen LogP contribution < -0.4 is 10.6 Å². The monoisotopic (exact) mass is 630 g/mol. The van der Waals surface area contributed by atoms with Gasteiger partial charge in [0.2, 0.25) is 0 Å². The molecule has 1 saturated heterocycles. The van der Waals surface area contributed by atoms with Gasteiger partial charge in [-0.15, -0.1) is 0 Å². The zero-order valence-corrected chi connectivity index (χ0v) is 27.7. The summed E-state index contributed by atoms with van der Waals surface area (Å²) in [5.74, 6) is 6.38. The third kappa shape index (κ3) is 7.55. The fourth-order valence-electron chi connectivity index (χ4n) is 5.78. The van der Waals surface area contributed by atoms with Crippen molar-refractivity contribution in [3.63, 3.8) is 0 Å². The van der Waals surface area contributed by atoms with Crippen molar-refractivity contribution in [3.05, 3.63) is 107 Å². The van der Waals surface area contributed by atoms with Crippen molar-refractivity contribution in [1.29, 1.82) is 0 Å². The molecule has 1 fully saturated rings. The number of nitrogens with one attached hydrogen (secondary N) is 2. The SMILES string of the molecule is COCCn1cc(Nc2cccn3c(C#Cc4cc(C(=O)Nc5ccc(CN6CCN(C)[C@@H](C)C6)c(C)c5)ccc4C)cnc23)cn1. The van der Waals surface area contributed by atoms with Gasteiger partial charge in [0.25, 0.3) is 5.91 Å². The van der Waals surface area contributed by atoms with Crippen LogP contribution in [0.4, 0.5) is 17.1 Å². The third-order valence-corrected chi connectivity index (χ3v) is 8.84. The number of aryl methyl sites for hydroxylation is 2. The standard InChI is InChI=1S/C37H42N8O2/c1-26-8-9-30(37(46)41-32-12-10-31(27(2)19-32)24-43-16-15-42(4)28(3)23-43)20-29(26)11-13-34-22-38-36-35(7-6-14-45(34)36)40-33-21-39-44(25-33)17-18-47-5/h6-10,12,14,19-22,25,28,40H,15-18,23-24H2,1-5H3,(H,41,46)/t28-/m0/s1. The van der Waals surface area contributed by atoms with Crippen molar-refractivity contribution in [1.82, 2.24) is 29.0 Å². The molecule has 2 aromatic carbocycles. The lowest BCUT2D eigenvalue weighted by atomic mass is 10.0. The maximum absolute atomic E-state index is 13.3. The number of amides is 1. The number of benzene rings is 2. The Balaban J connectivity index is 1.14. The minimum absolute atomic E-state index is 0.163. The Kier molecular flexibility index (Phi) is 9.68. The first-order valence-electron chi connectivity index (χ1n) is 16.0. The van der Waals surface area contributed by atoms with Gasteiger partial charge in [-0.25, -0.2) is 4.98 Å². The van der Waals surface area contributed by atoms with Gasteiger partial charge in [0.15, 0.2) is 5.65 Å². The predicted molar refractivity (Wildman–Crippen MR) is 186 cm³/mol. The van der Waals surface area contributed by atoms with E-state index in [2.05, 4.69) is 75.4 Å². The van der Waals surface area contributed by atoms with Gasteiger partial charge in [-0.1, -0.05) is 18.1 Å². The first-order chi connectivity index (χ1) is 22.8. The number of carbonyl (C=O) groups is 1. The molecule has 0 saturated carbocycles. The normalized spacial score (nSPS) is 15.4. The van der Waals surface area contributed by atoms with Crippen molar-refractivity contribution < 1.29 is 9.53 Å². The lowest BCUT2D eigenvalue weighted by Gasteiger charge is -2.37. The fourth-order valence-corrected chi connectivity index (χ4v) is 5.78. The number of carbonyl (C=O) groups excluding carboxylic acids is 1. The molecular formula is C37H42N8O2. The molecule has 6 rings (SSSR count). The molecule has 2 N–H and O–H groups in total. The molecule has 0 unspecified atom stereocenters. The van der Waals surface area contributed by atoms with Gasteiger partial charge in [-0.2, -0.15) is 5.10 Å². The van der Waals surface area contributed by atoms with E-state index in [1.807, 2.05) is 64.8 Å². The van der Waals surface area contributed by atoms with E-state index in [-0.39, 0.29) is 5.91 Å². The second-order valence-electron chi connectivity index (χ2n) is 12.3. The summed E-state index contributed by atoms with van der Waals surface area (Å²) in [7, 11) is 3.86. The Hall–Kier alpha value is -4.95. The second-order valence-corrected chi connectivity index (χ2v) is 12.3. The average molecular weight is 631 g/mol. The Labute approximate surface area is 276 Å². The van der Waals surface area contributed by atoms with Crippen LogP contribution in [0.1, 0.15) is 45.2 Å². The fraction of sp³-hybridized carbons (Fsp3) is 0.324. The highest BCUT2D eigenvalue weighted by atomic mass is 16.5. The van der Waals surface area contributed by atoms with Gasteiger partial charge in [-0.3, -0.25) is 18.8 Å². The molecule has 47 heavy (non-hydrogen) atoms. The van der Waals surface area contributed by atoms with Gasteiger partial charge in [0.1, 0.15) is 5.69 Å². The molecule has 4 heterocycles. The molecule has 0 aliphatic carbocycles. The molecule has 1 atom stereocenters. The highest BCUT2D eigenvalue weighted by Gasteiger charge is 2.21. The lowest BCUT2D eigenvalue weighted by molar-refractivity contribution is 0.0998. The maximum Gasteiger partial charge on any atom is 0.255 e. The molecule has 1 amide bonds. The lowest BCUT2D eigenvalue weighted by Crippen LogP contribution is -2.49. The number of likely N-dealkylation sites (N-methyl/N-ethyl adjacent to an activating group) is 1. The van der Waals surface area contributed by atoms with Gasteiger partial charge < -0.3 is 20.3 Å². The van der Waals surface area contributed by atoms with E-state index < -0.39 is 0 Å². The predicted octanol–water partition coefficient (Wildman–Crippen LogP) is 5.33. The van der Waals surface area contributed by atoms with Crippen LogP contribution in [0.5, 0.6) is 0 Å². The van der Waals surface area contributed by atoms with E-state index in [4.69, 9.17) is 4.74 Å². The summed E-state index contributed by atoms with van der Waals surface area (Å²) in [5.41, 5.74) is 8.80. The van der Waals surface area contributed by atoms with Crippen LogP contribution in [0.2, 0.25) is 0 Å². The molecule has 3 aromatic heterocycles. The maximum atomic E-state index is 13.3. The van der Waals surface area contributed by atoms with Crippen LogP contribution in [0.3, 0.4) is 0 Å².